The highest BCUT2D eigenvalue weighted by molar-refractivity contribution is 6.74. The molecule has 35 heavy (non-hydrogen) atoms. The molecule has 1 unspecified atom stereocenters. The summed E-state index contributed by atoms with van der Waals surface area (Å²) in [4.78, 5) is 34.2. The number of aromatic nitrogens is 3. The number of nitrogens with zero attached hydrogens (tertiary/aromatic N) is 3. The normalized spacial score (nSPS) is 15.6. The number of rotatable bonds is 8. The van der Waals surface area contributed by atoms with Gasteiger partial charge in [-0.05, 0) is 55.9 Å². The first kappa shape index (κ1) is 26.5. The van der Waals surface area contributed by atoms with E-state index in [4.69, 9.17) is 13.7 Å². The quantitative estimate of drug-likeness (QED) is 0.407. The maximum atomic E-state index is 13.5. The minimum Gasteiger partial charge on any atom is -0.506 e. The summed E-state index contributed by atoms with van der Waals surface area (Å²) in [5.41, 5.74) is 1.51. The van der Waals surface area contributed by atoms with Crippen LogP contribution in [0.25, 0.3) is 11.5 Å². The van der Waals surface area contributed by atoms with Crippen LogP contribution in [0.1, 0.15) is 52.3 Å². The summed E-state index contributed by atoms with van der Waals surface area (Å²) in [5, 5.41) is 16.2. The van der Waals surface area contributed by atoms with E-state index >= 15 is 0 Å². The van der Waals surface area contributed by atoms with E-state index in [1.54, 1.807) is 6.07 Å². The van der Waals surface area contributed by atoms with Gasteiger partial charge in [0.15, 0.2) is 8.32 Å². The van der Waals surface area contributed by atoms with Crippen LogP contribution in [0.3, 0.4) is 0 Å². The van der Waals surface area contributed by atoms with Gasteiger partial charge in [0, 0.05) is 5.70 Å². The van der Waals surface area contributed by atoms with Crippen LogP contribution in [-0.2, 0) is 25.2 Å². The molecule has 1 atom stereocenters. The molecule has 1 amide bonds. The highest BCUT2D eigenvalue weighted by atomic mass is 28.4. The van der Waals surface area contributed by atoms with Crippen LogP contribution in [0.5, 0.6) is 5.75 Å². The lowest BCUT2D eigenvalue weighted by Crippen LogP contribution is -2.49. The van der Waals surface area contributed by atoms with Gasteiger partial charge in [-0.25, -0.2) is 9.78 Å². The summed E-state index contributed by atoms with van der Waals surface area (Å²) in [6.45, 7) is 10.4. The summed E-state index contributed by atoms with van der Waals surface area (Å²) in [6, 6.07) is 3.05. The van der Waals surface area contributed by atoms with E-state index in [0.717, 1.165) is 12.8 Å². The number of carbonyl (C=O) groups is 2. The van der Waals surface area contributed by atoms with Gasteiger partial charge >= 0.3 is 5.97 Å². The Morgan fingerprint density at radius 2 is 1.94 bits per heavy atom. The molecule has 0 aromatic carbocycles. The zero-order valence-corrected chi connectivity index (χ0v) is 22.2. The Morgan fingerprint density at radius 3 is 2.57 bits per heavy atom. The Hall–Kier alpha value is -3.05. The number of nitrogens with one attached hydrogen (secondary N) is 1. The maximum Gasteiger partial charge on any atom is 0.335 e. The fraction of sp³-hybridized carbons (Fsp3) is 0.542. The second kappa shape index (κ2) is 10.7. The molecule has 0 radical (unpaired) electrons. The van der Waals surface area contributed by atoms with Gasteiger partial charge in [-0.3, -0.25) is 4.79 Å². The van der Waals surface area contributed by atoms with E-state index < -0.39 is 20.4 Å². The summed E-state index contributed by atoms with van der Waals surface area (Å²) in [7, 11) is -1.02. The number of esters is 1. The number of methoxy groups -OCH3 is 1. The van der Waals surface area contributed by atoms with Crippen molar-refractivity contribution in [1.29, 1.82) is 0 Å². The second-order valence-electron chi connectivity index (χ2n) is 10.1. The predicted octanol–water partition coefficient (Wildman–Crippen LogP) is 3.89. The van der Waals surface area contributed by atoms with Crippen LogP contribution in [0.2, 0.25) is 18.1 Å². The van der Waals surface area contributed by atoms with Gasteiger partial charge in [-0.2, -0.15) is 4.98 Å². The van der Waals surface area contributed by atoms with E-state index in [1.165, 1.54) is 19.4 Å². The van der Waals surface area contributed by atoms with E-state index in [1.807, 2.05) is 0 Å². The largest absolute Gasteiger partial charge is 0.506 e. The Morgan fingerprint density at radius 1 is 1.23 bits per heavy atom. The number of hydrogen-bond donors (Lipinski definition) is 2. The van der Waals surface area contributed by atoms with Crippen molar-refractivity contribution in [2.75, 3.05) is 7.11 Å². The number of amides is 1. The standard InChI is InChI=1S/C24H34N4O6Si/c1-24(2,3)35(5,6)34-19(22(30)26-17-10-8-7-9-16(17)23(31)32-4)13-20-27-21(28-33-20)18-12-11-15(29)14-25-18/h11-12,14,19,29H,7-10,13H2,1-6H3,(H,26,30). The highest BCUT2D eigenvalue weighted by Gasteiger charge is 2.41. The van der Waals surface area contributed by atoms with E-state index in [0.29, 0.717) is 29.8 Å². The molecule has 11 heteroatoms. The van der Waals surface area contributed by atoms with Gasteiger partial charge in [0.1, 0.15) is 17.5 Å². The lowest BCUT2D eigenvalue weighted by atomic mass is 9.96. The van der Waals surface area contributed by atoms with E-state index in [2.05, 4.69) is 54.3 Å². The molecule has 1 aliphatic rings. The van der Waals surface area contributed by atoms with Crippen molar-refractivity contribution < 1.29 is 28.4 Å². The zero-order valence-electron chi connectivity index (χ0n) is 21.2. The summed E-state index contributed by atoms with van der Waals surface area (Å²) >= 11 is 0. The van der Waals surface area contributed by atoms with Crippen LogP contribution >= 0.6 is 0 Å². The average Bonchev–Trinajstić information content (AvgIpc) is 3.26. The highest BCUT2D eigenvalue weighted by Crippen LogP contribution is 2.38. The van der Waals surface area contributed by atoms with Gasteiger partial charge in [0.05, 0.1) is 25.3 Å². The number of allylic oxidation sites excluding steroid dienone is 1. The maximum absolute atomic E-state index is 13.5. The van der Waals surface area contributed by atoms with Crippen molar-refractivity contribution in [1.82, 2.24) is 20.4 Å². The fourth-order valence-corrected chi connectivity index (χ4v) is 4.72. The zero-order chi connectivity index (χ0) is 25.8. The summed E-state index contributed by atoms with van der Waals surface area (Å²) in [5.74, 6) is -0.297. The molecule has 1 aliphatic carbocycles. The molecule has 0 saturated heterocycles. The van der Waals surface area contributed by atoms with Crippen molar-refractivity contribution in [3.8, 4) is 17.3 Å². The second-order valence-corrected chi connectivity index (χ2v) is 14.9. The molecule has 190 valence electrons. The third-order valence-electron chi connectivity index (χ3n) is 6.51. The van der Waals surface area contributed by atoms with E-state index in [9.17, 15) is 14.7 Å². The van der Waals surface area contributed by atoms with Crippen LogP contribution in [0.15, 0.2) is 34.1 Å². The predicted molar refractivity (Wildman–Crippen MR) is 131 cm³/mol. The van der Waals surface area contributed by atoms with Crippen molar-refractivity contribution in [2.45, 2.75) is 77.1 Å². The number of pyridine rings is 1. The van der Waals surface area contributed by atoms with Crippen LogP contribution in [-0.4, -0.2) is 53.6 Å². The SMILES string of the molecule is COC(=O)C1=C(NC(=O)C(Cc2nc(-c3ccc(O)cn3)no2)O[Si](C)(C)C(C)(C)C)CCCC1. The van der Waals surface area contributed by atoms with Gasteiger partial charge in [0.25, 0.3) is 5.91 Å². The first-order valence-electron chi connectivity index (χ1n) is 11.7. The van der Waals surface area contributed by atoms with Gasteiger partial charge in [0.2, 0.25) is 11.7 Å². The molecule has 10 nitrogen and oxygen atoms in total. The Labute approximate surface area is 206 Å². The average molecular weight is 503 g/mol. The Bertz CT molecular complexity index is 1090. The Kier molecular flexibility index (Phi) is 8.11. The third-order valence-corrected chi connectivity index (χ3v) is 11.0. The topological polar surface area (TPSA) is 137 Å². The molecule has 0 saturated carbocycles. The summed E-state index contributed by atoms with van der Waals surface area (Å²) in [6.07, 6.45) is 3.33. The molecule has 0 bridgehead atoms. The number of carbonyl (C=O) groups excluding carboxylic acids is 2. The molecule has 0 fully saturated rings. The van der Waals surface area contributed by atoms with Gasteiger partial charge < -0.3 is 24.1 Å². The Balaban J connectivity index is 1.87. The molecule has 0 spiro atoms. The molecule has 3 rings (SSSR count). The molecule has 0 aliphatic heterocycles. The van der Waals surface area contributed by atoms with Crippen molar-refractivity contribution >= 4 is 20.2 Å². The molecule has 2 aromatic heterocycles. The lowest BCUT2D eigenvalue weighted by Gasteiger charge is -2.38. The van der Waals surface area contributed by atoms with Crippen molar-refractivity contribution in [2.24, 2.45) is 0 Å². The van der Waals surface area contributed by atoms with Gasteiger partial charge in [-0.1, -0.05) is 25.9 Å². The third kappa shape index (κ3) is 6.54. The molecule has 2 heterocycles. The first-order chi connectivity index (χ1) is 16.4. The minimum atomic E-state index is -2.36. The number of hydrogen-bond acceptors (Lipinski definition) is 9. The first-order valence-corrected chi connectivity index (χ1v) is 14.6. The molecule has 2 N–H and O–H groups in total. The number of aromatic hydroxyl groups is 1. The minimum absolute atomic E-state index is 0.0281. The summed E-state index contributed by atoms with van der Waals surface area (Å²) < 4.78 is 16.8. The van der Waals surface area contributed by atoms with Crippen LogP contribution in [0, 0.1) is 0 Å². The van der Waals surface area contributed by atoms with Crippen molar-refractivity contribution in [3.63, 3.8) is 0 Å². The van der Waals surface area contributed by atoms with Crippen LogP contribution < -0.4 is 5.32 Å². The molecular formula is C24H34N4O6Si. The monoisotopic (exact) mass is 502 g/mol. The smallest absolute Gasteiger partial charge is 0.335 e. The lowest BCUT2D eigenvalue weighted by molar-refractivity contribution is -0.136. The van der Waals surface area contributed by atoms with Crippen LogP contribution in [0.4, 0.5) is 0 Å². The molecule has 2 aromatic rings. The molecular weight excluding hydrogens is 468 g/mol. The van der Waals surface area contributed by atoms with E-state index in [-0.39, 0.29) is 34.8 Å². The number of ether oxygens (including phenoxy) is 1. The fourth-order valence-electron chi connectivity index (χ4n) is 3.46. The van der Waals surface area contributed by atoms with Crippen molar-refractivity contribution in [3.05, 3.63) is 35.5 Å². The van der Waals surface area contributed by atoms with Gasteiger partial charge in [-0.15, -0.1) is 0 Å².